The van der Waals surface area contributed by atoms with Crippen LogP contribution in [0.5, 0.6) is 23.0 Å². The maximum atomic E-state index is 12.6. The number of aromatic nitrogens is 2. The summed E-state index contributed by atoms with van der Waals surface area (Å²) in [5.74, 6) is -5.39. The van der Waals surface area contributed by atoms with Gasteiger partial charge in [-0.2, -0.15) is 13.2 Å². The van der Waals surface area contributed by atoms with E-state index in [2.05, 4.69) is 15.0 Å². The molecule has 0 saturated heterocycles. The first-order valence-electron chi connectivity index (χ1n) is 17.6. The number of aromatic amines is 1. The molecule has 1 aromatic heterocycles. The van der Waals surface area contributed by atoms with Crippen molar-refractivity contribution < 1.29 is 86.8 Å². The first-order chi connectivity index (χ1) is 29.6. The Morgan fingerprint density at radius 1 is 0.714 bits per heavy atom. The number of carbonyl (C=O) groups is 5. The highest BCUT2D eigenvalue weighted by atomic mass is 19.4. The zero-order valence-electron chi connectivity index (χ0n) is 32.4. The molecule has 8 N–H and O–H groups in total. The SMILES string of the molecule is Cc1nc2ccc(C(=O)O)cc2[nH]1.O=C(O)COc1ccccc1OCC(=O)O.O=C(O)Cc1cc(F)ccc1C(F)(F)F.O=C(O)c1ccc(N=Cc2ccc(O)cc2O)cc1. The molecule has 63 heavy (non-hydrogen) atoms. The quantitative estimate of drug-likeness (QED) is 0.0445. The number of halogens is 4. The zero-order chi connectivity index (χ0) is 46.9. The predicted molar refractivity (Wildman–Crippen MR) is 214 cm³/mol. The highest BCUT2D eigenvalue weighted by Gasteiger charge is 2.33. The minimum Gasteiger partial charge on any atom is -0.508 e. The number of phenolic OH excluding ortho intramolecular Hbond substituents is 2. The van der Waals surface area contributed by atoms with E-state index in [4.69, 9.17) is 40.1 Å². The van der Waals surface area contributed by atoms with E-state index in [1.54, 1.807) is 42.5 Å². The molecule has 5 aromatic carbocycles. The van der Waals surface area contributed by atoms with Gasteiger partial charge in [0.15, 0.2) is 24.7 Å². The first-order valence-corrected chi connectivity index (χ1v) is 17.6. The number of nitrogens with one attached hydrogen (secondary N) is 1. The van der Waals surface area contributed by atoms with Gasteiger partial charge in [-0.25, -0.2) is 28.6 Å². The Morgan fingerprint density at radius 2 is 1.29 bits per heavy atom. The summed E-state index contributed by atoms with van der Waals surface area (Å²) < 4.78 is 59.4. The summed E-state index contributed by atoms with van der Waals surface area (Å²) in [6.07, 6.45) is -4.09. The van der Waals surface area contributed by atoms with E-state index in [0.29, 0.717) is 29.4 Å². The molecule has 0 fully saturated rings. The normalized spacial score (nSPS) is 10.6. The van der Waals surface area contributed by atoms with Crippen LogP contribution in [0.15, 0.2) is 108 Å². The second kappa shape index (κ2) is 22.8. The first kappa shape index (κ1) is 48.9. The summed E-state index contributed by atoms with van der Waals surface area (Å²) in [6, 6.07) is 23.1. The van der Waals surface area contributed by atoms with Crippen molar-refractivity contribution in [3.05, 3.63) is 143 Å². The van der Waals surface area contributed by atoms with Crippen LogP contribution in [-0.4, -0.2) is 95.0 Å². The Kier molecular flexibility index (Phi) is 17.7. The number of alkyl halides is 3. The maximum Gasteiger partial charge on any atom is 0.416 e. The fourth-order valence-corrected chi connectivity index (χ4v) is 4.86. The second-order valence-corrected chi connectivity index (χ2v) is 12.4. The van der Waals surface area contributed by atoms with Crippen molar-refractivity contribution in [3.8, 4) is 23.0 Å². The van der Waals surface area contributed by atoms with Gasteiger partial charge in [0.2, 0.25) is 0 Å². The van der Waals surface area contributed by atoms with Gasteiger partial charge < -0.3 is 50.2 Å². The number of carboxylic acids is 5. The average Bonchev–Trinajstić information content (AvgIpc) is 3.59. The number of hydrogen-bond donors (Lipinski definition) is 8. The molecule has 6 aromatic rings. The topological polar surface area (TPSA) is 286 Å². The van der Waals surface area contributed by atoms with Gasteiger partial charge in [-0.3, -0.25) is 9.79 Å². The van der Waals surface area contributed by atoms with Crippen LogP contribution >= 0.6 is 0 Å². The summed E-state index contributed by atoms with van der Waals surface area (Å²) in [5, 5.41) is 61.4. The molecular weight excluding hydrogens is 846 g/mol. The molecule has 0 aliphatic carbocycles. The minimum absolute atomic E-state index is 0.0274. The summed E-state index contributed by atoms with van der Waals surface area (Å²) >= 11 is 0. The van der Waals surface area contributed by atoms with Crippen molar-refractivity contribution >= 4 is 52.8 Å². The fourth-order valence-electron chi connectivity index (χ4n) is 4.86. The molecule has 0 atom stereocenters. The molecule has 330 valence electrons. The van der Waals surface area contributed by atoms with Gasteiger partial charge in [-0.05, 0) is 97.4 Å². The molecule has 0 radical (unpaired) electrons. The Labute approximate surface area is 352 Å². The number of aliphatic carboxylic acids is 3. The number of benzene rings is 5. The van der Waals surface area contributed by atoms with Gasteiger partial charge in [-0.1, -0.05) is 12.1 Å². The van der Waals surface area contributed by atoms with E-state index in [1.165, 1.54) is 48.7 Å². The number of fused-ring (bicyclic) bond motifs is 1. The number of rotatable bonds is 12. The largest absolute Gasteiger partial charge is 0.508 e. The molecule has 0 saturated carbocycles. The third-order valence-electron chi connectivity index (χ3n) is 7.59. The van der Waals surface area contributed by atoms with Crippen molar-refractivity contribution in [2.75, 3.05) is 13.2 Å². The smallest absolute Gasteiger partial charge is 0.416 e. The van der Waals surface area contributed by atoms with Crippen molar-refractivity contribution in [1.29, 1.82) is 0 Å². The van der Waals surface area contributed by atoms with Gasteiger partial charge in [-0.15, -0.1) is 0 Å². The number of ether oxygens (including phenoxy) is 2. The molecule has 17 nitrogen and oxygen atoms in total. The van der Waals surface area contributed by atoms with E-state index in [1.807, 2.05) is 6.92 Å². The van der Waals surface area contributed by atoms with Crippen LogP contribution < -0.4 is 9.47 Å². The van der Waals surface area contributed by atoms with Crippen LogP contribution in [0, 0.1) is 12.7 Å². The van der Waals surface area contributed by atoms with Gasteiger partial charge in [0, 0.05) is 17.8 Å². The number of para-hydroxylation sites is 2. The number of aromatic carboxylic acids is 2. The molecule has 0 spiro atoms. The molecular formula is C42H35F4N3O14. The van der Waals surface area contributed by atoms with E-state index in [0.717, 1.165) is 16.9 Å². The lowest BCUT2D eigenvalue weighted by molar-refractivity contribution is -0.140. The highest BCUT2D eigenvalue weighted by Crippen LogP contribution is 2.32. The predicted octanol–water partition coefficient (Wildman–Crippen LogP) is 7.20. The van der Waals surface area contributed by atoms with E-state index < -0.39 is 72.6 Å². The molecule has 0 aliphatic heterocycles. The number of aliphatic imine (C=N–C) groups is 1. The summed E-state index contributed by atoms with van der Waals surface area (Å²) in [6.45, 7) is 0.821. The van der Waals surface area contributed by atoms with E-state index in [9.17, 15) is 46.6 Å². The molecule has 0 bridgehead atoms. The molecule has 0 aliphatic rings. The summed E-state index contributed by atoms with van der Waals surface area (Å²) in [7, 11) is 0. The Hall–Kier alpha value is -8.49. The number of hydrogen-bond acceptors (Lipinski definition) is 11. The standard InChI is InChI=1S/C14H11NO4.C10H10O6.C9H6F4O2.C9H8N2O2/c16-12-6-3-10(13(17)7-12)8-15-11-4-1-9(2-5-11)14(18)19;11-9(12)5-15-7-3-1-2-4-8(7)16-6-10(13)14;10-6-1-2-7(9(11,12)13)5(3-6)4-8(14)15;1-5-10-7-3-2-6(9(12)13)4-8(7)11-5/h1-8,16-17H,(H,18,19);1-4H,5-6H2,(H,11,12)(H,13,14);1-3H,4H2,(H,14,15);2-4H,1H3,(H,10,11)(H,12,13). The van der Waals surface area contributed by atoms with Crippen molar-refractivity contribution in [2.45, 2.75) is 19.5 Å². The third kappa shape index (κ3) is 16.6. The molecule has 0 unspecified atom stereocenters. The lowest BCUT2D eigenvalue weighted by Gasteiger charge is -2.11. The highest BCUT2D eigenvalue weighted by molar-refractivity contribution is 5.92. The molecule has 0 amide bonds. The van der Waals surface area contributed by atoms with E-state index >= 15 is 0 Å². The van der Waals surface area contributed by atoms with Crippen LogP contribution in [0.4, 0.5) is 23.2 Å². The van der Waals surface area contributed by atoms with Crippen LogP contribution in [0.25, 0.3) is 11.0 Å². The lowest BCUT2D eigenvalue weighted by Crippen LogP contribution is -2.12. The van der Waals surface area contributed by atoms with Crippen LogP contribution in [-0.2, 0) is 27.0 Å². The Bertz CT molecular complexity index is 2560. The maximum absolute atomic E-state index is 12.6. The number of aromatic hydroxyl groups is 2. The lowest BCUT2D eigenvalue weighted by atomic mass is 10.0. The molecule has 1 heterocycles. The summed E-state index contributed by atoms with van der Waals surface area (Å²) in [4.78, 5) is 63.4. The zero-order valence-corrected chi connectivity index (χ0v) is 32.4. The Morgan fingerprint density at radius 3 is 1.79 bits per heavy atom. The average molecular weight is 882 g/mol. The number of nitrogens with zero attached hydrogens (tertiary/aromatic N) is 2. The van der Waals surface area contributed by atoms with Crippen molar-refractivity contribution in [1.82, 2.24) is 9.97 Å². The van der Waals surface area contributed by atoms with E-state index in [-0.39, 0.29) is 34.1 Å². The second-order valence-electron chi connectivity index (χ2n) is 12.4. The molecule has 6 rings (SSSR count). The Balaban J connectivity index is 0.000000225. The van der Waals surface area contributed by atoms with Gasteiger partial charge in [0.1, 0.15) is 23.1 Å². The van der Waals surface area contributed by atoms with Gasteiger partial charge in [0.05, 0.1) is 39.8 Å². The van der Waals surface area contributed by atoms with Crippen molar-refractivity contribution in [2.24, 2.45) is 4.99 Å². The number of phenols is 2. The number of carboxylic acid groups (broad SMARTS) is 5. The van der Waals surface area contributed by atoms with Crippen LogP contribution in [0.3, 0.4) is 0 Å². The monoisotopic (exact) mass is 881 g/mol. The molecule has 21 heteroatoms. The third-order valence-corrected chi connectivity index (χ3v) is 7.59. The van der Waals surface area contributed by atoms with Gasteiger partial charge >= 0.3 is 36.0 Å². The minimum atomic E-state index is -4.67. The van der Waals surface area contributed by atoms with Crippen LogP contribution in [0.2, 0.25) is 0 Å². The number of aryl methyl sites for hydroxylation is 1. The number of H-pyrrole nitrogens is 1. The number of imidazole rings is 1. The van der Waals surface area contributed by atoms with Crippen molar-refractivity contribution in [3.63, 3.8) is 0 Å². The van der Waals surface area contributed by atoms with Crippen LogP contribution in [0.1, 0.15) is 43.2 Å². The summed E-state index contributed by atoms with van der Waals surface area (Å²) in [5.41, 5.74) is 1.35. The fraction of sp³-hybridized carbons (Fsp3) is 0.119. The van der Waals surface area contributed by atoms with Gasteiger partial charge in [0.25, 0.3) is 0 Å².